The Labute approximate surface area is 117 Å². The van der Waals surface area contributed by atoms with Crippen molar-refractivity contribution in [3.63, 3.8) is 0 Å². The Balaban J connectivity index is 1.95. The minimum Gasteiger partial charge on any atom is -0.488 e. The van der Waals surface area contributed by atoms with Crippen LogP contribution in [0.2, 0.25) is 5.02 Å². The first-order valence-electron chi connectivity index (χ1n) is 6.14. The lowest BCUT2D eigenvalue weighted by molar-refractivity contribution is 0.105. The van der Waals surface area contributed by atoms with E-state index in [1.54, 1.807) is 0 Å². The molecule has 1 fully saturated rings. The molecule has 0 bridgehead atoms. The van der Waals surface area contributed by atoms with Crippen LogP contribution in [0.3, 0.4) is 0 Å². The van der Waals surface area contributed by atoms with Gasteiger partial charge >= 0.3 is 6.09 Å². The number of benzene rings is 1. The summed E-state index contributed by atoms with van der Waals surface area (Å²) >= 11 is 6.17. The molecule has 6 heteroatoms. The fourth-order valence-electron chi connectivity index (χ4n) is 1.78. The monoisotopic (exact) mass is 284 g/mol. The van der Waals surface area contributed by atoms with Crippen LogP contribution >= 0.6 is 11.6 Å². The van der Waals surface area contributed by atoms with Crippen molar-refractivity contribution in [3.05, 3.63) is 28.8 Å². The van der Waals surface area contributed by atoms with Gasteiger partial charge in [0.05, 0.1) is 11.6 Å². The second kappa shape index (κ2) is 6.12. The average Bonchev–Trinajstić information content (AvgIpc) is 2.82. The summed E-state index contributed by atoms with van der Waals surface area (Å²) in [5, 5.41) is 6.27. The SMILES string of the molecule is CNC(C)c1ccc(OCC2CNC(=O)O2)c(Cl)c1. The van der Waals surface area contributed by atoms with Crippen LogP contribution in [0.25, 0.3) is 0 Å². The zero-order valence-electron chi connectivity index (χ0n) is 10.9. The van der Waals surface area contributed by atoms with E-state index in [0.717, 1.165) is 5.56 Å². The Hall–Kier alpha value is -1.46. The molecular formula is C13H17ClN2O3. The van der Waals surface area contributed by atoms with E-state index in [1.807, 2.05) is 25.2 Å². The minimum atomic E-state index is -0.405. The molecule has 0 radical (unpaired) electrons. The van der Waals surface area contributed by atoms with Crippen LogP contribution in [0.5, 0.6) is 5.75 Å². The third-order valence-corrected chi connectivity index (χ3v) is 3.36. The highest BCUT2D eigenvalue weighted by molar-refractivity contribution is 6.32. The molecule has 0 spiro atoms. The molecule has 1 amide bonds. The molecule has 1 saturated heterocycles. The molecule has 1 aliphatic heterocycles. The molecule has 104 valence electrons. The topological polar surface area (TPSA) is 59.6 Å². The van der Waals surface area contributed by atoms with Gasteiger partial charge in [-0.3, -0.25) is 0 Å². The molecular weight excluding hydrogens is 268 g/mol. The molecule has 1 heterocycles. The van der Waals surface area contributed by atoms with E-state index in [4.69, 9.17) is 21.1 Å². The lowest BCUT2D eigenvalue weighted by atomic mass is 10.1. The van der Waals surface area contributed by atoms with Gasteiger partial charge in [0.25, 0.3) is 0 Å². The smallest absolute Gasteiger partial charge is 0.407 e. The predicted octanol–water partition coefficient (Wildman–Crippen LogP) is 2.11. The van der Waals surface area contributed by atoms with Gasteiger partial charge < -0.3 is 20.1 Å². The number of ether oxygens (including phenoxy) is 2. The van der Waals surface area contributed by atoms with Crippen molar-refractivity contribution >= 4 is 17.7 Å². The van der Waals surface area contributed by atoms with Crippen molar-refractivity contribution in [2.75, 3.05) is 20.2 Å². The Morgan fingerprint density at radius 1 is 1.63 bits per heavy atom. The minimum absolute atomic E-state index is 0.228. The lowest BCUT2D eigenvalue weighted by Crippen LogP contribution is -2.22. The number of alkyl carbamates (subject to hydrolysis) is 1. The van der Waals surface area contributed by atoms with Crippen LogP contribution < -0.4 is 15.4 Å². The molecule has 1 aromatic carbocycles. The number of cyclic esters (lactones) is 1. The standard InChI is InChI=1S/C13H17ClN2O3/c1-8(15-2)9-3-4-12(11(14)5-9)18-7-10-6-16-13(17)19-10/h3-5,8,10,15H,6-7H2,1-2H3,(H,16,17). The number of carbonyl (C=O) groups is 1. The van der Waals surface area contributed by atoms with Crippen molar-refractivity contribution in [3.8, 4) is 5.75 Å². The van der Waals surface area contributed by atoms with Gasteiger partial charge in [-0.15, -0.1) is 0 Å². The molecule has 0 aliphatic carbocycles. The van der Waals surface area contributed by atoms with Gasteiger partial charge in [-0.2, -0.15) is 0 Å². The van der Waals surface area contributed by atoms with Crippen molar-refractivity contribution in [1.82, 2.24) is 10.6 Å². The summed E-state index contributed by atoms with van der Waals surface area (Å²) in [5.74, 6) is 0.594. The zero-order chi connectivity index (χ0) is 13.8. The number of carbonyl (C=O) groups excluding carboxylic acids is 1. The third-order valence-electron chi connectivity index (χ3n) is 3.06. The van der Waals surface area contributed by atoms with Crippen molar-refractivity contribution < 1.29 is 14.3 Å². The van der Waals surface area contributed by atoms with Gasteiger partial charge in [-0.1, -0.05) is 17.7 Å². The summed E-state index contributed by atoms with van der Waals surface area (Å²) in [6, 6.07) is 5.89. The van der Waals surface area contributed by atoms with E-state index in [2.05, 4.69) is 17.6 Å². The van der Waals surface area contributed by atoms with Crippen LogP contribution in [0, 0.1) is 0 Å². The van der Waals surface area contributed by atoms with Gasteiger partial charge in [0, 0.05) is 6.04 Å². The van der Waals surface area contributed by atoms with Gasteiger partial charge in [0.15, 0.2) is 6.10 Å². The fourth-order valence-corrected chi connectivity index (χ4v) is 2.02. The lowest BCUT2D eigenvalue weighted by Gasteiger charge is -2.14. The fraction of sp³-hybridized carbons (Fsp3) is 0.462. The summed E-state index contributed by atoms with van der Waals surface area (Å²) in [6.07, 6.45) is -0.669. The van der Waals surface area contributed by atoms with Gasteiger partial charge in [0.2, 0.25) is 0 Å². The highest BCUT2D eigenvalue weighted by atomic mass is 35.5. The molecule has 1 aromatic rings. The molecule has 2 rings (SSSR count). The summed E-state index contributed by atoms with van der Waals surface area (Å²) in [5.41, 5.74) is 1.09. The van der Waals surface area contributed by atoms with Crippen molar-refractivity contribution in [1.29, 1.82) is 0 Å². The van der Waals surface area contributed by atoms with Gasteiger partial charge in [-0.05, 0) is 31.7 Å². The maximum atomic E-state index is 10.9. The largest absolute Gasteiger partial charge is 0.488 e. The first kappa shape index (κ1) is 14.0. The second-order valence-electron chi connectivity index (χ2n) is 4.42. The maximum absolute atomic E-state index is 10.9. The predicted molar refractivity (Wildman–Crippen MR) is 72.7 cm³/mol. The molecule has 1 aliphatic rings. The first-order chi connectivity index (χ1) is 9.10. The summed E-state index contributed by atoms with van der Waals surface area (Å²) < 4.78 is 10.5. The van der Waals surface area contributed by atoms with E-state index < -0.39 is 6.09 Å². The van der Waals surface area contributed by atoms with Crippen molar-refractivity contribution in [2.24, 2.45) is 0 Å². The van der Waals surface area contributed by atoms with Gasteiger partial charge in [0.1, 0.15) is 12.4 Å². The van der Waals surface area contributed by atoms with E-state index in [9.17, 15) is 4.79 Å². The Morgan fingerprint density at radius 3 is 3.00 bits per heavy atom. The molecule has 2 atom stereocenters. The normalized spacial score (nSPS) is 19.7. The number of halogens is 1. The molecule has 0 saturated carbocycles. The summed E-state index contributed by atoms with van der Waals surface area (Å²) in [4.78, 5) is 10.9. The van der Waals surface area contributed by atoms with E-state index in [-0.39, 0.29) is 12.1 Å². The van der Waals surface area contributed by atoms with E-state index in [1.165, 1.54) is 0 Å². The Kier molecular flexibility index (Phi) is 4.50. The number of hydrogen-bond donors (Lipinski definition) is 2. The number of hydrogen-bond acceptors (Lipinski definition) is 4. The molecule has 19 heavy (non-hydrogen) atoms. The number of rotatable bonds is 5. The average molecular weight is 285 g/mol. The number of nitrogens with one attached hydrogen (secondary N) is 2. The van der Waals surface area contributed by atoms with Gasteiger partial charge in [-0.25, -0.2) is 4.79 Å². The van der Waals surface area contributed by atoms with Crippen molar-refractivity contribution in [2.45, 2.75) is 19.1 Å². The highest BCUT2D eigenvalue weighted by Gasteiger charge is 2.23. The van der Waals surface area contributed by atoms with Crippen LogP contribution in [-0.2, 0) is 4.74 Å². The quantitative estimate of drug-likeness (QED) is 0.869. The number of amides is 1. The van der Waals surface area contributed by atoms with Crippen LogP contribution in [0.15, 0.2) is 18.2 Å². The summed E-state index contributed by atoms with van der Waals surface area (Å²) in [6.45, 7) is 2.81. The molecule has 2 N–H and O–H groups in total. The third kappa shape index (κ3) is 3.52. The van der Waals surface area contributed by atoms with E-state index in [0.29, 0.717) is 23.9 Å². The first-order valence-corrected chi connectivity index (χ1v) is 6.52. The maximum Gasteiger partial charge on any atom is 0.407 e. The molecule has 5 nitrogen and oxygen atoms in total. The molecule has 2 unspecified atom stereocenters. The summed E-state index contributed by atoms with van der Waals surface area (Å²) in [7, 11) is 1.89. The highest BCUT2D eigenvalue weighted by Crippen LogP contribution is 2.28. The van der Waals surface area contributed by atoms with Crippen LogP contribution in [0.4, 0.5) is 4.79 Å². The Bertz CT molecular complexity index is 467. The van der Waals surface area contributed by atoms with Crippen LogP contribution in [0.1, 0.15) is 18.5 Å². The Morgan fingerprint density at radius 2 is 2.42 bits per heavy atom. The van der Waals surface area contributed by atoms with E-state index >= 15 is 0 Å². The zero-order valence-corrected chi connectivity index (χ0v) is 11.7. The van der Waals surface area contributed by atoms with Crippen LogP contribution in [-0.4, -0.2) is 32.4 Å². The molecule has 0 aromatic heterocycles. The second-order valence-corrected chi connectivity index (χ2v) is 4.83.